The van der Waals surface area contributed by atoms with Crippen molar-refractivity contribution >= 4 is 28.3 Å². The van der Waals surface area contributed by atoms with Crippen LogP contribution in [0.4, 0.5) is 5.13 Å². The predicted molar refractivity (Wildman–Crippen MR) is 117 cm³/mol. The fourth-order valence-corrected chi connectivity index (χ4v) is 4.40. The van der Waals surface area contributed by atoms with E-state index in [9.17, 15) is 9.59 Å². The van der Waals surface area contributed by atoms with Crippen LogP contribution in [0.25, 0.3) is 0 Å². The van der Waals surface area contributed by atoms with Crippen LogP contribution < -0.4 is 10.1 Å². The number of anilines is 1. The molecule has 2 amide bonds. The van der Waals surface area contributed by atoms with E-state index in [1.165, 1.54) is 11.3 Å². The lowest BCUT2D eigenvalue weighted by atomic mass is 10.1. The average Bonchev–Trinajstić information content (AvgIpc) is 3.16. The number of ether oxygens (including phenoxy) is 1. The lowest BCUT2D eigenvalue weighted by Gasteiger charge is -2.26. The zero-order valence-corrected chi connectivity index (χ0v) is 17.8. The highest BCUT2D eigenvalue weighted by atomic mass is 32.1. The molecule has 0 spiro atoms. The summed E-state index contributed by atoms with van der Waals surface area (Å²) >= 11 is 1.41. The number of carbonyl (C=O) groups excluding carboxylic acids is 2. The van der Waals surface area contributed by atoms with Gasteiger partial charge in [0.15, 0.2) is 11.7 Å². The lowest BCUT2D eigenvalue weighted by Crippen LogP contribution is -2.35. The van der Waals surface area contributed by atoms with Crippen LogP contribution in [0.5, 0.6) is 5.75 Å². The molecule has 0 fully saturated rings. The Kier molecular flexibility index (Phi) is 5.81. The molecular weight excluding hydrogens is 398 g/mol. The first-order valence-corrected chi connectivity index (χ1v) is 10.6. The number of fused-ring (bicyclic) bond motifs is 1. The van der Waals surface area contributed by atoms with Gasteiger partial charge in [-0.25, -0.2) is 4.98 Å². The van der Waals surface area contributed by atoms with Crippen LogP contribution in [0, 0.1) is 13.8 Å². The number of carbonyl (C=O) groups is 2. The van der Waals surface area contributed by atoms with Gasteiger partial charge in [-0.1, -0.05) is 41.7 Å². The maximum atomic E-state index is 12.7. The molecule has 2 aromatic carbocycles. The van der Waals surface area contributed by atoms with Crippen molar-refractivity contribution in [1.82, 2.24) is 9.88 Å². The Morgan fingerprint density at radius 1 is 1.13 bits per heavy atom. The minimum absolute atomic E-state index is 0.0159. The topological polar surface area (TPSA) is 71.5 Å². The molecule has 4 rings (SSSR count). The SMILES string of the molecule is Cc1cccc(OCC(=O)Nc2nc3c(s2)CN(C(=O)c2ccccc2)CC3)c1C. The normalized spacial score (nSPS) is 12.9. The quantitative estimate of drug-likeness (QED) is 0.677. The summed E-state index contributed by atoms with van der Waals surface area (Å²) in [7, 11) is 0. The number of hydrogen-bond donors (Lipinski definition) is 1. The number of rotatable bonds is 5. The Hall–Kier alpha value is -3.19. The van der Waals surface area contributed by atoms with E-state index in [2.05, 4.69) is 10.3 Å². The van der Waals surface area contributed by atoms with Crippen LogP contribution in [0.3, 0.4) is 0 Å². The predicted octanol–water partition coefficient (Wildman–Crippen LogP) is 3.98. The van der Waals surface area contributed by atoms with Gasteiger partial charge in [-0.2, -0.15) is 0 Å². The van der Waals surface area contributed by atoms with Gasteiger partial charge in [0.2, 0.25) is 0 Å². The summed E-state index contributed by atoms with van der Waals surface area (Å²) < 4.78 is 5.66. The molecule has 6 nitrogen and oxygen atoms in total. The van der Waals surface area contributed by atoms with E-state index in [4.69, 9.17) is 4.74 Å². The number of amides is 2. The zero-order valence-electron chi connectivity index (χ0n) is 17.0. The van der Waals surface area contributed by atoms with Gasteiger partial charge in [-0.05, 0) is 43.2 Å². The summed E-state index contributed by atoms with van der Waals surface area (Å²) in [5.41, 5.74) is 3.78. The van der Waals surface area contributed by atoms with Crippen LogP contribution in [0.15, 0.2) is 48.5 Å². The third kappa shape index (κ3) is 4.36. The number of nitrogens with zero attached hydrogens (tertiary/aromatic N) is 2. The Labute approximate surface area is 179 Å². The molecule has 30 heavy (non-hydrogen) atoms. The van der Waals surface area contributed by atoms with Crippen LogP contribution in [-0.2, 0) is 17.8 Å². The second kappa shape index (κ2) is 8.67. The molecule has 7 heteroatoms. The van der Waals surface area contributed by atoms with Crippen LogP contribution >= 0.6 is 11.3 Å². The molecule has 2 heterocycles. The van der Waals surface area contributed by atoms with Crippen molar-refractivity contribution in [2.75, 3.05) is 18.5 Å². The Morgan fingerprint density at radius 2 is 1.93 bits per heavy atom. The van der Waals surface area contributed by atoms with E-state index >= 15 is 0 Å². The molecule has 154 valence electrons. The fraction of sp³-hybridized carbons (Fsp3) is 0.261. The van der Waals surface area contributed by atoms with Gasteiger partial charge in [0, 0.05) is 23.4 Å². The molecule has 0 radical (unpaired) electrons. The monoisotopic (exact) mass is 421 g/mol. The van der Waals surface area contributed by atoms with E-state index in [-0.39, 0.29) is 18.4 Å². The largest absolute Gasteiger partial charge is 0.483 e. The van der Waals surface area contributed by atoms with Crippen LogP contribution in [0.2, 0.25) is 0 Å². The van der Waals surface area contributed by atoms with Crippen molar-refractivity contribution in [3.63, 3.8) is 0 Å². The molecule has 0 unspecified atom stereocenters. The van der Waals surface area contributed by atoms with Crippen molar-refractivity contribution in [3.05, 3.63) is 75.8 Å². The van der Waals surface area contributed by atoms with E-state index < -0.39 is 0 Å². The maximum Gasteiger partial charge on any atom is 0.264 e. The summed E-state index contributed by atoms with van der Waals surface area (Å²) in [6.07, 6.45) is 0.680. The highest BCUT2D eigenvalue weighted by molar-refractivity contribution is 7.15. The van der Waals surface area contributed by atoms with Gasteiger partial charge >= 0.3 is 0 Å². The molecular formula is C23H23N3O3S. The Morgan fingerprint density at radius 3 is 2.73 bits per heavy atom. The summed E-state index contributed by atoms with van der Waals surface area (Å²) in [6, 6.07) is 15.1. The second-order valence-electron chi connectivity index (χ2n) is 7.27. The minimum atomic E-state index is -0.251. The molecule has 0 saturated heterocycles. The first kappa shape index (κ1) is 20.1. The van der Waals surface area contributed by atoms with E-state index in [0.29, 0.717) is 36.0 Å². The number of benzene rings is 2. The summed E-state index contributed by atoms with van der Waals surface area (Å²) in [5.74, 6) is 0.472. The van der Waals surface area contributed by atoms with Crippen molar-refractivity contribution < 1.29 is 14.3 Å². The smallest absolute Gasteiger partial charge is 0.264 e. The lowest BCUT2D eigenvalue weighted by molar-refractivity contribution is -0.118. The summed E-state index contributed by atoms with van der Waals surface area (Å²) in [4.78, 5) is 32.4. The molecule has 0 saturated carbocycles. The number of aryl methyl sites for hydroxylation is 1. The summed E-state index contributed by atoms with van der Waals surface area (Å²) in [5, 5.41) is 3.36. The van der Waals surface area contributed by atoms with Gasteiger partial charge < -0.3 is 9.64 Å². The average molecular weight is 422 g/mol. The number of thiazole rings is 1. The van der Waals surface area contributed by atoms with Crippen LogP contribution in [0.1, 0.15) is 32.1 Å². The van der Waals surface area contributed by atoms with Gasteiger partial charge in [-0.3, -0.25) is 14.9 Å². The third-order valence-corrected chi connectivity index (χ3v) is 6.20. The summed E-state index contributed by atoms with van der Waals surface area (Å²) in [6.45, 7) is 5.03. The zero-order chi connectivity index (χ0) is 21.1. The maximum absolute atomic E-state index is 12.7. The Bertz CT molecular complexity index is 1080. The molecule has 1 aliphatic heterocycles. The van der Waals surface area contributed by atoms with Crippen molar-refractivity contribution in [2.24, 2.45) is 0 Å². The molecule has 1 aromatic heterocycles. The second-order valence-corrected chi connectivity index (χ2v) is 8.35. The number of hydrogen-bond acceptors (Lipinski definition) is 5. The first-order valence-electron chi connectivity index (χ1n) is 9.83. The van der Waals surface area contributed by atoms with E-state index in [1.807, 2.05) is 67.3 Å². The number of nitrogens with one attached hydrogen (secondary N) is 1. The van der Waals surface area contributed by atoms with Crippen molar-refractivity contribution in [3.8, 4) is 5.75 Å². The van der Waals surface area contributed by atoms with Crippen molar-refractivity contribution in [2.45, 2.75) is 26.8 Å². The standard InChI is InChI=1S/C23H23N3O3S/c1-15-7-6-10-19(16(15)2)29-14-21(27)25-23-24-18-11-12-26(13-20(18)30-23)22(28)17-8-4-3-5-9-17/h3-10H,11-14H2,1-2H3,(H,24,25,27). The first-order chi connectivity index (χ1) is 14.5. The Balaban J connectivity index is 1.36. The fourth-order valence-electron chi connectivity index (χ4n) is 3.36. The third-order valence-electron chi connectivity index (χ3n) is 5.20. The number of aromatic nitrogens is 1. The van der Waals surface area contributed by atoms with Gasteiger partial charge in [0.05, 0.1) is 12.2 Å². The molecule has 0 bridgehead atoms. The van der Waals surface area contributed by atoms with Gasteiger partial charge in [0.1, 0.15) is 5.75 Å². The molecule has 0 aliphatic carbocycles. The van der Waals surface area contributed by atoms with Gasteiger partial charge in [0.25, 0.3) is 11.8 Å². The van der Waals surface area contributed by atoms with E-state index in [0.717, 1.165) is 21.7 Å². The molecule has 1 N–H and O–H groups in total. The van der Waals surface area contributed by atoms with Crippen molar-refractivity contribution in [1.29, 1.82) is 0 Å². The highest BCUT2D eigenvalue weighted by Crippen LogP contribution is 2.29. The van der Waals surface area contributed by atoms with Crippen LogP contribution in [-0.4, -0.2) is 34.8 Å². The van der Waals surface area contributed by atoms with E-state index in [1.54, 1.807) is 0 Å². The minimum Gasteiger partial charge on any atom is -0.483 e. The highest BCUT2D eigenvalue weighted by Gasteiger charge is 2.25. The molecule has 3 aromatic rings. The van der Waals surface area contributed by atoms with Gasteiger partial charge in [-0.15, -0.1) is 0 Å². The molecule has 1 aliphatic rings. The molecule has 0 atom stereocenters.